The molecule has 15 heavy (non-hydrogen) atoms. The minimum atomic E-state index is 0.256. The van der Waals surface area contributed by atoms with Crippen molar-refractivity contribution in [1.82, 2.24) is 10.2 Å². The van der Waals surface area contributed by atoms with Crippen LogP contribution in [0.5, 0.6) is 0 Å². The Kier molecular flexibility index (Phi) is 3.38. The molecule has 1 aliphatic rings. The molecule has 0 radical (unpaired) electrons. The molecular formula is C11H16N2OS. The summed E-state index contributed by atoms with van der Waals surface area (Å²) >= 11 is 1.65. The Balaban J connectivity index is 1.93. The second-order valence-corrected chi connectivity index (χ2v) is 4.78. The van der Waals surface area contributed by atoms with Crippen molar-refractivity contribution in [2.45, 2.75) is 19.4 Å². The molecule has 1 aliphatic heterocycles. The molecule has 2 rings (SSSR count). The molecule has 0 aromatic carbocycles. The van der Waals surface area contributed by atoms with Crippen LogP contribution >= 0.6 is 11.3 Å². The van der Waals surface area contributed by atoms with Gasteiger partial charge in [0.25, 0.3) is 0 Å². The van der Waals surface area contributed by atoms with Gasteiger partial charge in [-0.2, -0.15) is 0 Å². The molecule has 1 aromatic rings. The quantitative estimate of drug-likeness (QED) is 0.831. The summed E-state index contributed by atoms with van der Waals surface area (Å²) < 4.78 is 0. The smallest absolute Gasteiger partial charge is 0.228 e. The lowest BCUT2D eigenvalue weighted by atomic mass is 10.1. The van der Waals surface area contributed by atoms with Crippen LogP contribution in [-0.2, 0) is 11.2 Å². The molecule has 1 N–H and O–H groups in total. The SMILES string of the molecule is CCN(C(=O)Cc1cccs1)C1CNC1. The largest absolute Gasteiger partial charge is 0.337 e. The zero-order valence-electron chi connectivity index (χ0n) is 8.90. The number of carbonyl (C=O) groups is 1. The second-order valence-electron chi connectivity index (χ2n) is 3.75. The lowest BCUT2D eigenvalue weighted by molar-refractivity contribution is -0.133. The van der Waals surface area contributed by atoms with E-state index in [1.165, 1.54) is 0 Å². The van der Waals surface area contributed by atoms with Gasteiger partial charge in [-0.1, -0.05) is 6.07 Å². The number of hydrogen-bond donors (Lipinski definition) is 1. The molecule has 0 spiro atoms. The minimum absolute atomic E-state index is 0.256. The third-order valence-electron chi connectivity index (χ3n) is 2.77. The van der Waals surface area contributed by atoms with Gasteiger partial charge in [-0.3, -0.25) is 4.79 Å². The van der Waals surface area contributed by atoms with Crippen LogP contribution < -0.4 is 5.32 Å². The Morgan fingerprint density at radius 1 is 1.67 bits per heavy atom. The number of rotatable bonds is 4. The van der Waals surface area contributed by atoms with Crippen LogP contribution in [0.25, 0.3) is 0 Å². The topological polar surface area (TPSA) is 32.3 Å². The highest BCUT2D eigenvalue weighted by Gasteiger charge is 2.26. The van der Waals surface area contributed by atoms with E-state index in [4.69, 9.17) is 0 Å². The van der Waals surface area contributed by atoms with Crippen molar-refractivity contribution in [1.29, 1.82) is 0 Å². The van der Waals surface area contributed by atoms with Crippen molar-refractivity contribution < 1.29 is 4.79 Å². The van der Waals surface area contributed by atoms with E-state index in [2.05, 4.69) is 5.32 Å². The van der Waals surface area contributed by atoms with E-state index in [9.17, 15) is 4.79 Å². The van der Waals surface area contributed by atoms with Crippen molar-refractivity contribution in [3.05, 3.63) is 22.4 Å². The standard InChI is InChI=1S/C11H16N2OS/c1-2-13(9-7-12-8-9)11(14)6-10-4-3-5-15-10/h3-5,9,12H,2,6-8H2,1H3. The summed E-state index contributed by atoms with van der Waals surface area (Å²) in [6.45, 7) is 4.76. The molecule has 0 saturated carbocycles. The maximum Gasteiger partial charge on any atom is 0.228 e. The van der Waals surface area contributed by atoms with Crippen molar-refractivity contribution in [2.75, 3.05) is 19.6 Å². The van der Waals surface area contributed by atoms with Gasteiger partial charge in [0.1, 0.15) is 0 Å². The van der Waals surface area contributed by atoms with Gasteiger partial charge in [0, 0.05) is 24.5 Å². The summed E-state index contributed by atoms with van der Waals surface area (Å²) in [5.41, 5.74) is 0. The zero-order chi connectivity index (χ0) is 10.7. The first-order valence-corrected chi connectivity index (χ1v) is 6.21. The molecule has 2 heterocycles. The Labute approximate surface area is 94.1 Å². The van der Waals surface area contributed by atoms with E-state index in [1.807, 2.05) is 29.3 Å². The summed E-state index contributed by atoms with van der Waals surface area (Å²) in [5.74, 6) is 0.256. The summed E-state index contributed by atoms with van der Waals surface area (Å²) in [5, 5.41) is 5.22. The van der Waals surface area contributed by atoms with E-state index in [1.54, 1.807) is 11.3 Å². The van der Waals surface area contributed by atoms with Crippen molar-refractivity contribution in [3.63, 3.8) is 0 Å². The highest BCUT2D eigenvalue weighted by atomic mass is 32.1. The molecular weight excluding hydrogens is 208 g/mol. The van der Waals surface area contributed by atoms with Crippen LogP contribution in [0.4, 0.5) is 0 Å². The van der Waals surface area contributed by atoms with Crippen molar-refractivity contribution in [3.8, 4) is 0 Å². The Morgan fingerprint density at radius 3 is 2.93 bits per heavy atom. The number of thiophene rings is 1. The number of carbonyl (C=O) groups excluding carboxylic acids is 1. The van der Waals surface area contributed by atoms with Crippen LogP contribution in [0.3, 0.4) is 0 Å². The molecule has 4 heteroatoms. The maximum atomic E-state index is 12.0. The number of amides is 1. The first-order chi connectivity index (χ1) is 7.31. The highest BCUT2D eigenvalue weighted by Crippen LogP contribution is 2.13. The van der Waals surface area contributed by atoms with Crippen molar-refractivity contribution >= 4 is 17.2 Å². The van der Waals surface area contributed by atoms with Crippen LogP contribution in [0.15, 0.2) is 17.5 Å². The van der Waals surface area contributed by atoms with Crippen LogP contribution in [0.1, 0.15) is 11.8 Å². The number of nitrogens with zero attached hydrogens (tertiary/aromatic N) is 1. The average molecular weight is 224 g/mol. The van der Waals surface area contributed by atoms with E-state index >= 15 is 0 Å². The maximum absolute atomic E-state index is 12.0. The molecule has 82 valence electrons. The minimum Gasteiger partial charge on any atom is -0.337 e. The summed E-state index contributed by atoms with van der Waals surface area (Å²) in [6, 6.07) is 4.44. The van der Waals surface area contributed by atoms with E-state index < -0.39 is 0 Å². The van der Waals surface area contributed by atoms with Gasteiger partial charge in [0.05, 0.1) is 12.5 Å². The van der Waals surface area contributed by atoms with Crippen LogP contribution in [0.2, 0.25) is 0 Å². The predicted molar refractivity (Wildman–Crippen MR) is 62.1 cm³/mol. The summed E-state index contributed by atoms with van der Waals surface area (Å²) in [4.78, 5) is 15.1. The fraction of sp³-hybridized carbons (Fsp3) is 0.545. The highest BCUT2D eigenvalue weighted by molar-refractivity contribution is 7.10. The van der Waals surface area contributed by atoms with Gasteiger partial charge < -0.3 is 10.2 Å². The lowest BCUT2D eigenvalue weighted by Gasteiger charge is -2.37. The average Bonchev–Trinajstić information content (AvgIpc) is 2.63. The molecule has 1 aromatic heterocycles. The molecule has 0 aliphatic carbocycles. The van der Waals surface area contributed by atoms with Crippen LogP contribution in [0, 0.1) is 0 Å². The number of likely N-dealkylation sites (N-methyl/N-ethyl adjacent to an activating group) is 1. The second kappa shape index (κ2) is 4.77. The Bertz CT molecular complexity index is 319. The number of hydrogen-bond acceptors (Lipinski definition) is 3. The van der Waals surface area contributed by atoms with Gasteiger partial charge >= 0.3 is 0 Å². The summed E-state index contributed by atoms with van der Waals surface area (Å²) in [7, 11) is 0. The van der Waals surface area contributed by atoms with Gasteiger partial charge in [0.2, 0.25) is 5.91 Å². The fourth-order valence-electron chi connectivity index (χ4n) is 1.80. The van der Waals surface area contributed by atoms with Gasteiger partial charge in [-0.25, -0.2) is 0 Å². The molecule has 0 unspecified atom stereocenters. The normalized spacial score (nSPS) is 16.1. The molecule has 0 bridgehead atoms. The van der Waals surface area contributed by atoms with Gasteiger partial charge in [-0.05, 0) is 18.4 Å². The van der Waals surface area contributed by atoms with E-state index in [0.717, 1.165) is 24.5 Å². The third kappa shape index (κ3) is 2.38. The monoisotopic (exact) mass is 224 g/mol. The molecule has 1 amide bonds. The van der Waals surface area contributed by atoms with Gasteiger partial charge in [0.15, 0.2) is 0 Å². The first kappa shape index (κ1) is 10.6. The molecule has 1 fully saturated rings. The lowest BCUT2D eigenvalue weighted by Crippen LogP contribution is -2.59. The predicted octanol–water partition coefficient (Wildman–Crippen LogP) is 1.11. The third-order valence-corrected chi connectivity index (χ3v) is 3.64. The Hall–Kier alpha value is -0.870. The van der Waals surface area contributed by atoms with Crippen LogP contribution in [-0.4, -0.2) is 36.5 Å². The van der Waals surface area contributed by atoms with E-state index in [0.29, 0.717) is 12.5 Å². The van der Waals surface area contributed by atoms with Crippen molar-refractivity contribution in [2.24, 2.45) is 0 Å². The Morgan fingerprint density at radius 2 is 2.47 bits per heavy atom. The number of nitrogens with one attached hydrogen (secondary N) is 1. The summed E-state index contributed by atoms with van der Waals surface area (Å²) in [6.07, 6.45) is 0.558. The molecule has 3 nitrogen and oxygen atoms in total. The zero-order valence-corrected chi connectivity index (χ0v) is 9.72. The van der Waals surface area contributed by atoms with Gasteiger partial charge in [-0.15, -0.1) is 11.3 Å². The fourth-order valence-corrected chi connectivity index (χ4v) is 2.49. The molecule has 1 saturated heterocycles. The van der Waals surface area contributed by atoms with E-state index in [-0.39, 0.29) is 5.91 Å². The molecule has 0 atom stereocenters. The first-order valence-electron chi connectivity index (χ1n) is 5.34.